The van der Waals surface area contributed by atoms with Gasteiger partial charge in [0.05, 0.1) is 91.4 Å². The molecule has 8 heterocycles. The lowest BCUT2D eigenvalue weighted by molar-refractivity contribution is -0.137. The van der Waals surface area contributed by atoms with Crippen molar-refractivity contribution in [2.75, 3.05) is 28.4 Å². The molecule has 16 atom stereocenters. The molecule has 20 rings (SSSR count). The van der Waals surface area contributed by atoms with Crippen LogP contribution in [0.15, 0.2) is 109 Å². The molecule has 0 bridgehead atoms. The summed E-state index contributed by atoms with van der Waals surface area (Å²) >= 11 is 0. The molecule has 622 valence electrons. The van der Waals surface area contributed by atoms with E-state index in [2.05, 4.69) is 150 Å². The molecule has 0 radical (unpaired) electrons. The number of alkyl carbamates (subject to hydrolysis) is 4. The average Bonchev–Trinajstić information content (AvgIpc) is 1.66. The summed E-state index contributed by atoms with van der Waals surface area (Å²) in [6, 6.07) is 35.7. The maximum absolute atomic E-state index is 14.0. The molecular weight excluding hydrogens is 1520 g/mol. The first kappa shape index (κ1) is 77.8. The Balaban J connectivity index is 0.000000159. The van der Waals surface area contributed by atoms with Crippen LogP contribution in [0.25, 0.3) is 98.9 Å². The van der Waals surface area contributed by atoms with Gasteiger partial charge in [0.2, 0.25) is 23.6 Å². The van der Waals surface area contributed by atoms with Crippen LogP contribution in [-0.2, 0) is 51.0 Å². The summed E-state index contributed by atoms with van der Waals surface area (Å²) in [5.41, 5.74) is 14.2. The van der Waals surface area contributed by atoms with E-state index in [1.165, 1.54) is 34.0 Å². The number of nitrogens with zero attached hydrogens (tertiary/aromatic N) is 8. The van der Waals surface area contributed by atoms with E-state index in [-0.39, 0.29) is 95.6 Å². The van der Waals surface area contributed by atoms with Crippen LogP contribution >= 0.6 is 0 Å². The molecular formula is C92H102N16O12. The lowest BCUT2D eigenvalue weighted by Gasteiger charge is -2.31. The van der Waals surface area contributed by atoms with Crippen molar-refractivity contribution in [2.45, 2.75) is 192 Å². The van der Waals surface area contributed by atoms with Crippen molar-refractivity contribution in [1.82, 2.24) is 80.7 Å². The second-order valence-electron chi connectivity index (χ2n) is 36.1. The Morgan fingerprint density at radius 1 is 0.350 bits per heavy atom. The summed E-state index contributed by atoms with van der Waals surface area (Å²) in [4.78, 5) is 147. The average molecular weight is 1620 g/mol. The van der Waals surface area contributed by atoms with Gasteiger partial charge in [-0.05, 0) is 192 Å². The van der Waals surface area contributed by atoms with Gasteiger partial charge in [-0.15, -0.1) is 0 Å². The second kappa shape index (κ2) is 30.0. The minimum absolute atomic E-state index is 0.0800. The summed E-state index contributed by atoms with van der Waals surface area (Å²) in [6.07, 6.45) is 6.55. The molecule has 4 aliphatic heterocycles. The minimum atomic E-state index is -0.687. The van der Waals surface area contributed by atoms with Gasteiger partial charge < -0.3 is 79.8 Å². The first-order chi connectivity index (χ1) is 57.8. The highest BCUT2D eigenvalue weighted by atomic mass is 16.5. The second-order valence-corrected chi connectivity index (χ2v) is 36.1. The summed E-state index contributed by atoms with van der Waals surface area (Å²) in [7, 11) is 5.24. The number of ether oxygens (including phenoxy) is 4. The van der Waals surface area contributed by atoms with Gasteiger partial charge in [-0.25, -0.2) is 39.1 Å². The number of imidazole rings is 4. The number of hydrogen-bond donors (Lipinski definition) is 8. The van der Waals surface area contributed by atoms with E-state index in [0.29, 0.717) is 23.7 Å². The molecule has 5 aliphatic carbocycles. The highest BCUT2D eigenvalue weighted by Crippen LogP contribution is 2.58. The zero-order chi connectivity index (χ0) is 83.4. The number of aryl methyl sites for hydroxylation is 2. The normalized spacial score (nSPS) is 24.2. The molecule has 8 N–H and O–H groups in total. The molecule has 0 spiro atoms. The van der Waals surface area contributed by atoms with Gasteiger partial charge in [0.15, 0.2) is 0 Å². The van der Waals surface area contributed by atoms with Crippen LogP contribution in [0.5, 0.6) is 0 Å². The van der Waals surface area contributed by atoms with Gasteiger partial charge in [0, 0.05) is 51.6 Å². The zero-order valence-corrected chi connectivity index (χ0v) is 69.5. The van der Waals surface area contributed by atoms with Gasteiger partial charge in [-0.3, -0.25) is 19.2 Å². The standard InChI is InChI=1S/C46H52N8O6.C46H50N8O6/c2*1-21(2)37(51-45(57)59-5)43(55)53-33-17-27(33)19-35(53)41-47-31-13-9-25-15-23(7-11-29(25)39(31)49-41)24-8-12-30-26(16-24)10-14-32-40(30)50-42(48-32)36-20-28-18-34(28)54(36)44(56)38(22(3)4)52-46(58)60-6/h7-9,11-13,15-16,21-22,27-28,33-38H,10,14,17-20H2,1-6H3,(H,47,49)(H,48,50)(H,51,57)(H,52,58);7-16,21-22,27-28,33-38H,17-20H2,1-6H3,(H,47,49)(H,48,50)(H,51,57)(H,52,58)/t2*27-,28-,33-,34-,35+,36+,37+,38+/m11/s1. The van der Waals surface area contributed by atoms with Crippen molar-refractivity contribution in [3.63, 3.8) is 0 Å². The maximum atomic E-state index is 14.0. The van der Waals surface area contributed by atoms with E-state index in [1.807, 2.05) is 75.0 Å². The van der Waals surface area contributed by atoms with Crippen molar-refractivity contribution in [3.8, 4) is 33.5 Å². The number of amides is 8. The fraction of sp³-hybridized carbons (Fsp3) is 0.457. The highest BCUT2D eigenvalue weighted by Gasteiger charge is 2.60. The molecule has 120 heavy (non-hydrogen) atoms. The van der Waals surface area contributed by atoms with E-state index in [9.17, 15) is 38.4 Å². The van der Waals surface area contributed by atoms with Crippen molar-refractivity contribution in [3.05, 3.63) is 144 Å². The first-order valence-electron chi connectivity index (χ1n) is 42.5. The van der Waals surface area contributed by atoms with Gasteiger partial charge in [0.1, 0.15) is 47.5 Å². The van der Waals surface area contributed by atoms with Gasteiger partial charge in [-0.2, -0.15) is 0 Å². The Labute approximate surface area is 693 Å². The van der Waals surface area contributed by atoms with Gasteiger partial charge >= 0.3 is 24.4 Å². The first-order valence-corrected chi connectivity index (χ1v) is 42.5. The van der Waals surface area contributed by atoms with E-state index >= 15 is 0 Å². The van der Waals surface area contributed by atoms with Gasteiger partial charge in [-0.1, -0.05) is 128 Å². The van der Waals surface area contributed by atoms with Crippen molar-refractivity contribution in [1.29, 1.82) is 0 Å². The molecule has 28 heteroatoms. The highest BCUT2D eigenvalue weighted by molar-refractivity contribution is 6.09. The molecule has 7 aromatic carbocycles. The predicted molar refractivity (Wildman–Crippen MR) is 451 cm³/mol. The van der Waals surface area contributed by atoms with Crippen LogP contribution in [0, 0.1) is 47.3 Å². The fourth-order valence-corrected chi connectivity index (χ4v) is 20.4. The number of carbonyl (C=O) groups excluding carboxylic acids is 8. The molecule has 4 saturated heterocycles. The fourth-order valence-electron chi connectivity index (χ4n) is 20.4. The Morgan fingerprint density at radius 3 is 0.942 bits per heavy atom. The SMILES string of the molecule is COC(=O)N[C@H](C(=O)N1[C@@H]2C[C@@H]2C[C@H]1c1nc2c([nH]1)CCc1cc(-c3ccc4c(ccc5[nH]c([C@@H]6C[C@H]7C[C@H]7N6C(=O)[C@@H](NC(=O)OC)C(C)C)nc54)c3)ccc1-2)C(C)C.COC(=O)N[C@H](C(=O)N1[C@@H]2C[C@@H]2C[C@H]1c1nc2c(ccc3cc(-c4ccc5c(ccc6[nH]c([C@@H]7C[C@H]8C[C@H]8N7C(=O)[C@@H](NC(=O)OC)C(C)C)nc65)c4)ccc32)[nH]1)C(C)C. The largest absolute Gasteiger partial charge is 0.453 e. The number of piperidine rings is 4. The van der Waals surface area contributed by atoms with Crippen molar-refractivity contribution >= 4 is 113 Å². The van der Waals surface area contributed by atoms with Crippen LogP contribution in [-0.4, -0.2) is 184 Å². The number of nitrogens with one attached hydrogen (secondary N) is 8. The third-order valence-corrected chi connectivity index (χ3v) is 27.2. The lowest BCUT2D eigenvalue weighted by Crippen LogP contribution is -2.52. The molecule has 4 saturated carbocycles. The van der Waals surface area contributed by atoms with Gasteiger partial charge in [0.25, 0.3) is 0 Å². The van der Waals surface area contributed by atoms with Crippen molar-refractivity contribution in [2.24, 2.45) is 47.3 Å². The zero-order valence-electron chi connectivity index (χ0n) is 69.5. The number of rotatable bonds is 18. The molecule has 8 fully saturated rings. The number of H-pyrrole nitrogens is 4. The number of fused-ring (bicyclic) bond motifs is 16. The third kappa shape index (κ3) is 13.7. The lowest BCUT2D eigenvalue weighted by atomic mass is 9.89. The predicted octanol–water partition coefficient (Wildman–Crippen LogP) is 14.5. The van der Waals surface area contributed by atoms with E-state index < -0.39 is 48.5 Å². The molecule has 28 nitrogen and oxygen atoms in total. The monoisotopic (exact) mass is 1620 g/mol. The number of aromatic amines is 4. The summed E-state index contributed by atoms with van der Waals surface area (Å²) in [5.74, 6) is 4.12. The van der Waals surface area contributed by atoms with E-state index in [4.69, 9.17) is 38.9 Å². The number of benzene rings is 7. The molecule has 8 amide bonds. The number of aromatic nitrogens is 8. The van der Waals surface area contributed by atoms with Crippen LogP contribution in [0.3, 0.4) is 0 Å². The van der Waals surface area contributed by atoms with E-state index in [0.717, 1.165) is 192 Å². The molecule has 4 aromatic heterocycles. The third-order valence-electron chi connectivity index (χ3n) is 27.2. The van der Waals surface area contributed by atoms with Crippen LogP contribution in [0.1, 0.15) is 165 Å². The smallest absolute Gasteiger partial charge is 0.407 e. The van der Waals surface area contributed by atoms with Crippen molar-refractivity contribution < 1.29 is 57.3 Å². The topological polar surface area (TPSA) is 349 Å². The Morgan fingerprint density at radius 2 is 0.642 bits per heavy atom. The molecule has 0 unspecified atom stereocenters. The Bertz CT molecular complexity index is 5850. The van der Waals surface area contributed by atoms with E-state index in [1.54, 1.807) is 0 Å². The van der Waals surface area contributed by atoms with Crippen LogP contribution < -0.4 is 21.3 Å². The quantitative estimate of drug-likeness (QED) is 0.0370. The van der Waals surface area contributed by atoms with Crippen LogP contribution in [0.2, 0.25) is 0 Å². The molecule has 11 aromatic rings. The number of hydrogen-bond acceptors (Lipinski definition) is 16. The summed E-state index contributed by atoms with van der Waals surface area (Å²) in [5, 5.41) is 17.3. The number of likely N-dealkylation sites (tertiary alicyclic amines) is 4. The number of methoxy groups -OCH3 is 4. The van der Waals surface area contributed by atoms with Crippen LogP contribution in [0.4, 0.5) is 19.2 Å². The maximum Gasteiger partial charge on any atom is 0.407 e. The Hall–Kier alpha value is -12.1. The summed E-state index contributed by atoms with van der Waals surface area (Å²) < 4.78 is 19.3. The minimum Gasteiger partial charge on any atom is -0.453 e. The molecule has 9 aliphatic rings. The number of carbonyl (C=O) groups is 8. The summed E-state index contributed by atoms with van der Waals surface area (Å²) in [6.45, 7) is 15.4. The Kier molecular flexibility index (Phi) is 19.4.